The topological polar surface area (TPSA) is 63.9 Å². The second-order valence-corrected chi connectivity index (χ2v) is 7.92. The molecule has 1 fully saturated rings. The Morgan fingerprint density at radius 2 is 1.87 bits per heavy atom. The van der Waals surface area contributed by atoms with Gasteiger partial charge in [0.25, 0.3) is 0 Å². The Labute approximate surface area is 176 Å². The third-order valence-corrected chi connectivity index (χ3v) is 5.75. The monoisotopic (exact) mass is 436 g/mol. The molecule has 4 rings (SSSR count). The number of ether oxygens (including phenoxy) is 2. The van der Waals surface area contributed by atoms with E-state index in [2.05, 4.69) is 42.2 Å². The van der Waals surface area contributed by atoms with Crippen molar-refractivity contribution >= 4 is 11.3 Å². The SMILES string of the molecule is COc1cc(-c2noc(CN3CCN(Cc4cccs4)CC3)n2)ccc1OC(F)F. The minimum Gasteiger partial charge on any atom is -0.493 e. The Balaban J connectivity index is 1.34. The van der Waals surface area contributed by atoms with Crippen LogP contribution in [0.15, 0.2) is 40.2 Å². The average Bonchev–Trinajstić information content (AvgIpc) is 3.42. The normalized spacial score (nSPS) is 15.6. The van der Waals surface area contributed by atoms with E-state index in [0.717, 1.165) is 32.7 Å². The molecule has 0 unspecified atom stereocenters. The summed E-state index contributed by atoms with van der Waals surface area (Å²) in [6.45, 7) is 2.47. The number of hydrogen-bond donors (Lipinski definition) is 0. The predicted molar refractivity (Wildman–Crippen MR) is 108 cm³/mol. The lowest BCUT2D eigenvalue weighted by Crippen LogP contribution is -2.45. The van der Waals surface area contributed by atoms with Gasteiger partial charge >= 0.3 is 6.61 Å². The van der Waals surface area contributed by atoms with Crippen molar-refractivity contribution in [2.75, 3.05) is 33.3 Å². The van der Waals surface area contributed by atoms with Gasteiger partial charge in [-0.05, 0) is 29.6 Å². The molecule has 0 spiro atoms. The molecule has 7 nitrogen and oxygen atoms in total. The molecule has 1 aliphatic heterocycles. The molecule has 0 radical (unpaired) electrons. The van der Waals surface area contributed by atoms with Gasteiger partial charge in [0, 0.05) is 43.2 Å². The number of piperazine rings is 1. The minimum absolute atomic E-state index is 0.0413. The summed E-state index contributed by atoms with van der Waals surface area (Å²) in [6.07, 6.45) is 0. The van der Waals surface area contributed by atoms with Crippen LogP contribution in [0.2, 0.25) is 0 Å². The summed E-state index contributed by atoms with van der Waals surface area (Å²) < 4.78 is 39.9. The first-order valence-electron chi connectivity index (χ1n) is 9.53. The molecule has 30 heavy (non-hydrogen) atoms. The number of hydrogen-bond acceptors (Lipinski definition) is 8. The van der Waals surface area contributed by atoms with Crippen LogP contribution >= 0.6 is 11.3 Å². The summed E-state index contributed by atoms with van der Waals surface area (Å²) in [5.74, 6) is 1.04. The summed E-state index contributed by atoms with van der Waals surface area (Å²) >= 11 is 1.78. The maximum Gasteiger partial charge on any atom is 0.387 e. The van der Waals surface area contributed by atoms with Gasteiger partial charge in [-0.15, -0.1) is 11.3 Å². The Morgan fingerprint density at radius 3 is 2.53 bits per heavy atom. The predicted octanol–water partition coefficient (Wildman–Crippen LogP) is 3.73. The third-order valence-electron chi connectivity index (χ3n) is 4.89. The lowest BCUT2D eigenvalue weighted by Gasteiger charge is -2.33. The summed E-state index contributed by atoms with van der Waals surface area (Å²) in [7, 11) is 1.39. The maximum absolute atomic E-state index is 12.5. The fourth-order valence-electron chi connectivity index (χ4n) is 3.36. The molecule has 2 aromatic heterocycles. The molecule has 3 aromatic rings. The molecule has 0 atom stereocenters. The number of rotatable bonds is 8. The van der Waals surface area contributed by atoms with Gasteiger partial charge in [-0.3, -0.25) is 9.80 Å². The van der Waals surface area contributed by atoms with Crippen molar-refractivity contribution in [3.05, 3.63) is 46.5 Å². The molecule has 0 amide bonds. The quantitative estimate of drug-likeness (QED) is 0.533. The van der Waals surface area contributed by atoms with E-state index in [0.29, 0.717) is 23.8 Å². The molecule has 0 saturated carbocycles. The highest BCUT2D eigenvalue weighted by Gasteiger charge is 2.20. The number of halogens is 2. The van der Waals surface area contributed by atoms with Crippen molar-refractivity contribution in [1.82, 2.24) is 19.9 Å². The molecule has 0 aliphatic carbocycles. The summed E-state index contributed by atoms with van der Waals surface area (Å²) in [6, 6.07) is 8.80. The largest absolute Gasteiger partial charge is 0.493 e. The average molecular weight is 436 g/mol. The van der Waals surface area contributed by atoms with E-state index >= 15 is 0 Å². The zero-order chi connectivity index (χ0) is 20.9. The summed E-state index contributed by atoms with van der Waals surface area (Å²) in [5.41, 5.74) is 0.601. The standard InChI is InChI=1S/C20H22F2N4O3S/c1-27-17-11-14(4-5-16(17)28-20(21)22)19-23-18(29-24-19)13-26-8-6-25(7-9-26)12-15-3-2-10-30-15/h2-5,10-11,20H,6-9,12-13H2,1H3. The first-order valence-corrected chi connectivity index (χ1v) is 10.4. The molecule has 1 aromatic carbocycles. The zero-order valence-electron chi connectivity index (χ0n) is 16.5. The molecular weight excluding hydrogens is 414 g/mol. The Hall–Kier alpha value is -2.56. The molecule has 0 N–H and O–H groups in total. The molecular formula is C20H22F2N4O3S. The van der Waals surface area contributed by atoms with Crippen LogP contribution in [0.25, 0.3) is 11.4 Å². The highest BCUT2D eigenvalue weighted by Crippen LogP contribution is 2.32. The first-order chi connectivity index (χ1) is 14.6. The van der Waals surface area contributed by atoms with Gasteiger partial charge in [0.1, 0.15) is 0 Å². The number of benzene rings is 1. The van der Waals surface area contributed by atoms with Gasteiger partial charge in [-0.2, -0.15) is 13.8 Å². The van der Waals surface area contributed by atoms with E-state index in [9.17, 15) is 8.78 Å². The van der Waals surface area contributed by atoms with Crippen molar-refractivity contribution in [2.24, 2.45) is 0 Å². The van der Waals surface area contributed by atoms with E-state index in [4.69, 9.17) is 9.26 Å². The number of aromatic nitrogens is 2. The van der Waals surface area contributed by atoms with Crippen LogP contribution < -0.4 is 9.47 Å². The minimum atomic E-state index is -2.92. The van der Waals surface area contributed by atoms with Gasteiger partial charge in [-0.1, -0.05) is 11.2 Å². The third kappa shape index (κ3) is 5.13. The smallest absolute Gasteiger partial charge is 0.387 e. The van der Waals surface area contributed by atoms with Crippen LogP contribution in [0.1, 0.15) is 10.8 Å². The van der Waals surface area contributed by atoms with E-state index in [1.54, 1.807) is 23.5 Å². The van der Waals surface area contributed by atoms with Crippen LogP contribution in [0.4, 0.5) is 8.78 Å². The highest BCUT2D eigenvalue weighted by atomic mass is 32.1. The van der Waals surface area contributed by atoms with Crippen molar-refractivity contribution in [1.29, 1.82) is 0 Å². The van der Waals surface area contributed by atoms with Gasteiger partial charge < -0.3 is 14.0 Å². The number of methoxy groups -OCH3 is 1. The van der Waals surface area contributed by atoms with E-state index in [1.165, 1.54) is 18.1 Å². The van der Waals surface area contributed by atoms with Crippen LogP contribution in [0.3, 0.4) is 0 Å². The zero-order valence-corrected chi connectivity index (χ0v) is 17.3. The fourth-order valence-corrected chi connectivity index (χ4v) is 4.10. The molecule has 1 aliphatic rings. The van der Waals surface area contributed by atoms with Crippen LogP contribution in [0.5, 0.6) is 11.5 Å². The Bertz CT molecular complexity index is 943. The molecule has 3 heterocycles. The first kappa shape index (κ1) is 20.7. The molecule has 10 heteroatoms. The summed E-state index contributed by atoms with van der Waals surface area (Å²) in [5, 5.41) is 6.12. The number of alkyl halides is 2. The second-order valence-electron chi connectivity index (χ2n) is 6.89. The van der Waals surface area contributed by atoms with E-state index in [1.807, 2.05) is 0 Å². The molecule has 1 saturated heterocycles. The van der Waals surface area contributed by atoms with Crippen LogP contribution in [-0.4, -0.2) is 59.8 Å². The van der Waals surface area contributed by atoms with Crippen LogP contribution in [-0.2, 0) is 13.1 Å². The lowest BCUT2D eigenvalue weighted by molar-refractivity contribution is -0.0512. The molecule has 160 valence electrons. The van der Waals surface area contributed by atoms with Crippen molar-refractivity contribution < 1.29 is 22.8 Å². The highest BCUT2D eigenvalue weighted by molar-refractivity contribution is 7.09. The van der Waals surface area contributed by atoms with Gasteiger partial charge in [0.05, 0.1) is 13.7 Å². The number of nitrogens with zero attached hydrogens (tertiary/aromatic N) is 4. The van der Waals surface area contributed by atoms with E-state index < -0.39 is 6.61 Å². The van der Waals surface area contributed by atoms with Gasteiger partial charge in [0.15, 0.2) is 11.5 Å². The van der Waals surface area contributed by atoms with Crippen molar-refractivity contribution in [3.8, 4) is 22.9 Å². The van der Waals surface area contributed by atoms with Gasteiger partial charge in [-0.25, -0.2) is 0 Å². The number of thiophene rings is 1. The Morgan fingerprint density at radius 1 is 1.10 bits per heavy atom. The second kappa shape index (κ2) is 9.50. The van der Waals surface area contributed by atoms with Crippen molar-refractivity contribution in [3.63, 3.8) is 0 Å². The fraction of sp³-hybridized carbons (Fsp3) is 0.400. The lowest BCUT2D eigenvalue weighted by atomic mass is 10.2. The van der Waals surface area contributed by atoms with Gasteiger partial charge in [0.2, 0.25) is 11.7 Å². The van der Waals surface area contributed by atoms with E-state index in [-0.39, 0.29) is 11.5 Å². The Kier molecular flexibility index (Phi) is 6.56. The maximum atomic E-state index is 12.5. The molecule has 0 bridgehead atoms. The van der Waals surface area contributed by atoms with Crippen LogP contribution in [0, 0.1) is 0 Å². The summed E-state index contributed by atoms with van der Waals surface area (Å²) in [4.78, 5) is 10.5. The van der Waals surface area contributed by atoms with Crippen molar-refractivity contribution in [2.45, 2.75) is 19.7 Å².